The molecule has 0 saturated carbocycles. The quantitative estimate of drug-likeness (QED) is 0.494. The number of aliphatic hydroxyl groups excluding tert-OH is 3. The Morgan fingerprint density at radius 3 is 2.31 bits per heavy atom. The van der Waals surface area contributed by atoms with Crippen LogP contribution in [-0.4, -0.2) is 59.2 Å². The van der Waals surface area contributed by atoms with Crippen LogP contribution in [-0.2, 0) is 9.47 Å². The fourth-order valence-corrected chi connectivity index (χ4v) is 1.48. The Labute approximate surface area is 101 Å². The third-order valence-electron chi connectivity index (χ3n) is 2.39. The molecule has 0 bridgehead atoms. The van der Waals surface area contributed by atoms with Crippen molar-refractivity contribution in [3.8, 4) is 0 Å². The lowest BCUT2D eigenvalue weighted by Gasteiger charge is -2.39. The van der Waals surface area contributed by atoms with Crippen LogP contribution < -0.4 is 5.73 Å². The average molecular weight is 258 g/mol. The van der Waals surface area contributed by atoms with Crippen LogP contribution >= 0.6 is 12.4 Å². The van der Waals surface area contributed by atoms with Crippen molar-refractivity contribution in [1.82, 2.24) is 0 Å². The maximum Gasteiger partial charge on any atom is 0.186 e. The normalized spacial score (nSPS) is 39.2. The molecule has 0 radical (unpaired) electrons. The summed E-state index contributed by atoms with van der Waals surface area (Å²) in [5.74, 6) is 0. The predicted molar refractivity (Wildman–Crippen MR) is 59.2 cm³/mol. The number of hydrogen-bond acceptors (Lipinski definition) is 6. The van der Waals surface area contributed by atoms with E-state index in [0.29, 0.717) is 6.61 Å². The molecule has 1 rings (SSSR count). The molecule has 0 aliphatic carbocycles. The summed E-state index contributed by atoms with van der Waals surface area (Å²) in [6.45, 7) is 2.40. The van der Waals surface area contributed by atoms with E-state index in [2.05, 4.69) is 0 Å². The summed E-state index contributed by atoms with van der Waals surface area (Å²) in [5.41, 5.74) is 5.36. The average Bonchev–Trinajstić information content (AvgIpc) is 2.25. The van der Waals surface area contributed by atoms with Gasteiger partial charge >= 0.3 is 0 Å². The molecule has 0 spiro atoms. The molecule has 0 aromatic rings. The zero-order chi connectivity index (χ0) is 11.4. The summed E-state index contributed by atoms with van der Waals surface area (Å²) in [5, 5.41) is 28.5. The molecule has 1 heterocycles. The van der Waals surface area contributed by atoms with Crippen molar-refractivity contribution < 1.29 is 24.8 Å². The van der Waals surface area contributed by atoms with Crippen molar-refractivity contribution in [2.75, 3.05) is 13.2 Å². The first-order chi connectivity index (χ1) is 7.11. The standard InChI is InChI=1S/C9H19NO5.ClH/c1-2-3-14-9-8(13)7(12)6(11)5(4-10)15-9;/h5-9,11-13H,2-4,10H2,1H3;1H/t5-,6-,7+,8-,9+;/m1./s1. The van der Waals surface area contributed by atoms with Gasteiger partial charge in [0.25, 0.3) is 0 Å². The van der Waals surface area contributed by atoms with Crippen LogP contribution in [0.25, 0.3) is 0 Å². The summed E-state index contributed by atoms with van der Waals surface area (Å²) in [6, 6.07) is 0. The highest BCUT2D eigenvalue weighted by molar-refractivity contribution is 5.85. The molecule has 1 aliphatic heterocycles. The van der Waals surface area contributed by atoms with E-state index in [1.165, 1.54) is 0 Å². The molecule has 0 amide bonds. The molecular weight excluding hydrogens is 238 g/mol. The minimum absolute atomic E-state index is 0. The Kier molecular flexibility index (Phi) is 7.41. The molecule has 1 fully saturated rings. The van der Waals surface area contributed by atoms with Gasteiger partial charge < -0.3 is 30.5 Å². The second kappa shape index (κ2) is 7.39. The highest BCUT2D eigenvalue weighted by Crippen LogP contribution is 2.21. The number of hydrogen-bond donors (Lipinski definition) is 4. The second-order valence-electron chi connectivity index (χ2n) is 3.62. The van der Waals surface area contributed by atoms with E-state index in [-0.39, 0.29) is 19.0 Å². The van der Waals surface area contributed by atoms with Gasteiger partial charge in [0.15, 0.2) is 6.29 Å². The van der Waals surface area contributed by atoms with Crippen LogP contribution in [0.4, 0.5) is 0 Å². The Hall–Kier alpha value is 0.0500. The van der Waals surface area contributed by atoms with Crippen LogP contribution in [0.3, 0.4) is 0 Å². The molecule has 1 saturated heterocycles. The molecule has 98 valence electrons. The lowest BCUT2D eigenvalue weighted by Crippen LogP contribution is -2.60. The van der Waals surface area contributed by atoms with Gasteiger partial charge in [-0.1, -0.05) is 6.92 Å². The van der Waals surface area contributed by atoms with Crippen LogP contribution in [0, 0.1) is 0 Å². The third kappa shape index (κ3) is 3.53. The lowest BCUT2D eigenvalue weighted by atomic mass is 9.99. The molecule has 1 aliphatic rings. The molecule has 0 aromatic carbocycles. The number of nitrogens with two attached hydrogens (primary N) is 1. The fraction of sp³-hybridized carbons (Fsp3) is 1.00. The molecule has 7 heteroatoms. The monoisotopic (exact) mass is 257 g/mol. The van der Waals surface area contributed by atoms with Crippen molar-refractivity contribution in [3.63, 3.8) is 0 Å². The summed E-state index contributed by atoms with van der Waals surface area (Å²) in [6.07, 6.45) is -4.55. The zero-order valence-corrected chi connectivity index (χ0v) is 9.97. The first-order valence-electron chi connectivity index (χ1n) is 5.13. The predicted octanol–water partition coefficient (Wildman–Crippen LogP) is -1.40. The number of aliphatic hydroxyl groups is 3. The van der Waals surface area contributed by atoms with E-state index in [9.17, 15) is 15.3 Å². The summed E-state index contributed by atoms with van der Waals surface area (Å²) >= 11 is 0. The Bertz CT molecular complexity index is 195. The summed E-state index contributed by atoms with van der Waals surface area (Å²) in [7, 11) is 0. The Morgan fingerprint density at radius 1 is 1.19 bits per heavy atom. The fourth-order valence-electron chi connectivity index (χ4n) is 1.48. The molecule has 6 nitrogen and oxygen atoms in total. The Morgan fingerprint density at radius 2 is 1.81 bits per heavy atom. The van der Waals surface area contributed by atoms with E-state index in [4.69, 9.17) is 15.2 Å². The van der Waals surface area contributed by atoms with Gasteiger partial charge in [-0.3, -0.25) is 0 Å². The molecule has 0 aromatic heterocycles. The van der Waals surface area contributed by atoms with Crippen molar-refractivity contribution in [2.45, 2.75) is 44.1 Å². The van der Waals surface area contributed by atoms with Crippen LogP contribution in [0.2, 0.25) is 0 Å². The van der Waals surface area contributed by atoms with Gasteiger partial charge in [0.2, 0.25) is 0 Å². The minimum Gasteiger partial charge on any atom is -0.388 e. The number of rotatable bonds is 4. The molecule has 5 N–H and O–H groups in total. The second-order valence-corrected chi connectivity index (χ2v) is 3.62. The maximum absolute atomic E-state index is 9.55. The highest BCUT2D eigenvalue weighted by atomic mass is 35.5. The maximum atomic E-state index is 9.55. The van der Waals surface area contributed by atoms with Crippen molar-refractivity contribution >= 4 is 12.4 Å². The van der Waals surface area contributed by atoms with Crippen molar-refractivity contribution in [2.24, 2.45) is 5.73 Å². The first kappa shape index (κ1) is 16.1. The highest BCUT2D eigenvalue weighted by Gasteiger charge is 2.43. The number of ether oxygens (including phenoxy) is 2. The molecule has 5 atom stereocenters. The zero-order valence-electron chi connectivity index (χ0n) is 9.15. The Balaban J connectivity index is 0.00000225. The van der Waals surface area contributed by atoms with Crippen molar-refractivity contribution in [3.05, 3.63) is 0 Å². The lowest BCUT2D eigenvalue weighted by molar-refractivity contribution is -0.294. The summed E-state index contributed by atoms with van der Waals surface area (Å²) in [4.78, 5) is 0. The van der Waals surface area contributed by atoms with Crippen LogP contribution in [0.5, 0.6) is 0 Å². The first-order valence-corrected chi connectivity index (χ1v) is 5.13. The molecular formula is C9H20ClNO5. The van der Waals surface area contributed by atoms with Gasteiger partial charge in [-0.15, -0.1) is 12.4 Å². The van der Waals surface area contributed by atoms with Crippen LogP contribution in [0.1, 0.15) is 13.3 Å². The molecule has 0 unspecified atom stereocenters. The minimum atomic E-state index is -1.28. The number of halogens is 1. The van der Waals surface area contributed by atoms with E-state index < -0.39 is 30.7 Å². The van der Waals surface area contributed by atoms with Gasteiger partial charge in [0, 0.05) is 13.2 Å². The smallest absolute Gasteiger partial charge is 0.186 e. The van der Waals surface area contributed by atoms with Gasteiger partial charge in [0.1, 0.15) is 24.4 Å². The van der Waals surface area contributed by atoms with Gasteiger partial charge in [-0.05, 0) is 6.42 Å². The SMILES string of the molecule is CCCO[C@H]1O[C@H](CN)[C@@H](O)[C@H](O)[C@H]1O.Cl. The summed E-state index contributed by atoms with van der Waals surface area (Å²) < 4.78 is 10.4. The molecule has 16 heavy (non-hydrogen) atoms. The topological polar surface area (TPSA) is 105 Å². The van der Waals surface area contributed by atoms with Gasteiger partial charge in [-0.25, -0.2) is 0 Å². The largest absolute Gasteiger partial charge is 0.388 e. The van der Waals surface area contributed by atoms with Gasteiger partial charge in [-0.2, -0.15) is 0 Å². The van der Waals surface area contributed by atoms with E-state index in [1.807, 2.05) is 6.92 Å². The van der Waals surface area contributed by atoms with Crippen LogP contribution in [0.15, 0.2) is 0 Å². The van der Waals surface area contributed by atoms with E-state index in [0.717, 1.165) is 6.42 Å². The van der Waals surface area contributed by atoms with E-state index >= 15 is 0 Å². The van der Waals surface area contributed by atoms with Gasteiger partial charge in [0.05, 0.1) is 0 Å². The third-order valence-corrected chi connectivity index (χ3v) is 2.39. The van der Waals surface area contributed by atoms with Crippen molar-refractivity contribution in [1.29, 1.82) is 0 Å². The van der Waals surface area contributed by atoms with E-state index in [1.54, 1.807) is 0 Å².